The molecular weight excluding hydrogens is 296 g/mol. The van der Waals surface area contributed by atoms with Crippen LogP contribution in [0.5, 0.6) is 0 Å². The molecule has 0 saturated carbocycles. The molecule has 0 saturated heterocycles. The van der Waals surface area contributed by atoms with Crippen LogP contribution in [0.25, 0.3) is 16.9 Å². The van der Waals surface area contributed by atoms with Gasteiger partial charge in [-0.2, -0.15) is 0 Å². The van der Waals surface area contributed by atoms with Crippen molar-refractivity contribution in [1.29, 1.82) is 0 Å². The number of aryl methyl sites for hydroxylation is 1. The molecule has 0 fully saturated rings. The zero-order valence-electron chi connectivity index (χ0n) is 13.5. The Balaban J connectivity index is 1.80. The summed E-state index contributed by atoms with van der Waals surface area (Å²) in [6.45, 7) is 2.83. The highest BCUT2D eigenvalue weighted by atomic mass is 15.1. The molecule has 24 heavy (non-hydrogen) atoms. The van der Waals surface area contributed by atoms with Gasteiger partial charge in [-0.05, 0) is 36.2 Å². The number of imidazole rings is 1. The van der Waals surface area contributed by atoms with E-state index in [-0.39, 0.29) is 0 Å². The monoisotopic (exact) mass is 314 g/mol. The third-order valence-corrected chi connectivity index (χ3v) is 4.00. The molecule has 0 radical (unpaired) electrons. The van der Waals surface area contributed by atoms with Gasteiger partial charge in [-0.3, -0.25) is 9.38 Å². The predicted octanol–water partition coefficient (Wildman–Crippen LogP) is 4.32. The Hall–Kier alpha value is -3.14. The third kappa shape index (κ3) is 2.74. The van der Waals surface area contributed by atoms with Crippen LogP contribution in [0.4, 0.5) is 5.82 Å². The van der Waals surface area contributed by atoms with E-state index in [1.807, 2.05) is 30.5 Å². The van der Waals surface area contributed by atoms with Crippen molar-refractivity contribution in [3.8, 4) is 11.3 Å². The molecule has 118 valence electrons. The average Bonchev–Trinajstić information content (AvgIpc) is 2.99. The van der Waals surface area contributed by atoms with E-state index in [1.165, 1.54) is 11.1 Å². The number of aromatic nitrogens is 3. The number of hydrogen-bond acceptors (Lipinski definition) is 3. The summed E-state index contributed by atoms with van der Waals surface area (Å²) >= 11 is 0. The van der Waals surface area contributed by atoms with E-state index in [2.05, 4.69) is 58.2 Å². The van der Waals surface area contributed by atoms with E-state index in [1.54, 1.807) is 6.20 Å². The van der Waals surface area contributed by atoms with Crippen LogP contribution in [0, 0.1) is 6.92 Å². The second-order valence-electron chi connectivity index (χ2n) is 5.82. The molecule has 0 bridgehead atoms. The lowest BCUT2D eigenvalue weighted by Gasteiger charge is -2.09. The van der Waals surface area contributed by atoms with Crippen LogP contribution >= 0.6 is 0 Å². The molecule has 0 amide bonds. The average molecular weight is 314 g/mol. The van der Waals surface area contributed by atoms with Gasteiger partial charge in [-0.15, -0.1) is 0 Å². The normalized spacial score (nSPS) is 10.9. The summed E-state index contributed by atoms with van der Waals surface area (Å²) in [4.78, 5) is 9.03. The third-order valence-electron chi connectivity index (χ3n) is 4.00. The first-order valence-corrected chi connectivity index (χ1v) is 7.98. The highest BCUT2D eigenvalue weighted by molar-refractivity contribution is 5.76. The molecule has 1 aromatic carbocycles. The van der Waals surface area contributed by atoms with Gasteiger partial charge in [0.2, 0.25) is 0 Å². The smallest absolute Gasteiger partial charge is 0.139 e. The van der Waals surface area contributed by atoms with Gasteiger partial charge < -0.3 is 5.32 Å². The number of benzene rings is 1. The van der Waals surface area contributed by atoms with E-state index < -0.39 is 0 Å². The molecular formula is C20H18N4. The van der Waals surface area contributed by atoms with Gasteiger partial charge in [0, 0.05) is 30.7 Å². The lowest BCUT2D eigenvalue weighted by atomic mass is 10.2. The molecule has 0 atom stereocenters. The summed E-state index contributed by atoms with van der Waals surface area (Å²) < 4.78 is 2.11. The first kappa shape index (κ1) is 14.5. The predicted molar refractivity (Wildman–Crippen MR) is 96.9 cm³/mol. The van der Waals surface area contributed by atoms with Gasteiger partial charge in [0.05, 0.1) is 0 Å². The summed E-state index contributed by atoms with van der Waals surface area (Å²) in [5, 5.41) is 3.55. The largest absolute Gasteiger partial charge is 0.365 e. The molecule has 0 unspecified atom stereocenters. The SMILES string of the molecule is Cc1ccc2nc(-c3cccnc3)c(NCc3ccccc3)n2c1. The van der Waals surface area contributed by atoms with E-state index in [4.69, 9.17) is 4.98 Å². The minimum Gasteiger partial charge on any atom is -0.365 e. The number of anilines is 1. The highest BCUT2D eigenvalue weighted by Crippen LogP contribution is 2.29. The second kappa shape index (κ2) is 6.16. The molecule has 0 aliphatic heterocycles. The van der Waals surface area contributed by atoms with Crippen LogP contribution in [-0.4, -0.2) is 14.4 Å². The van der Waals surface area contributed by atoms with Crippen molar-refractivity contribution in [2.75, 3.05) is 5.32 Å². The van der Waals surface area contributed by atoms with E-state index >= 15 is 0 Å². The maximum absolute atomic E-state index is 4.80. The molecule has 0 aliphatic carbocycles. The molecule has 4 rings (SSSR count). The molecule has 0 spiro atoms. The van der Waals surface area contributed by atoms with Crippen LogP contribution in [0.2, 0.25) is 0 Å². The van der Waals surface area contributed by atoms with Crippen LogP contribution in [-0.2, 0) is 6.54 Å². The maximum Gasteiger partial charge on any atom is 0.139 e. The molecule has 4 nitrogen and oxygen atoms in total. The standard InChI is InChI=1S/C20H18N4/c1-15-9-10-18-23-19(17-8-5-11-21-13-17)20(24(18)14-15)22-12-16-6-3-2-4-7-16/h2-11,13-14,22H,12H2,1H3. The maximum atomic E-state index is 4.80. The van der Waals surface area contributed by atoms with Crippen molar-refractivity contribution in [2.45, 2.75) is 13.5 Å². The van der Waals surface area contributed by atoms with Crippen molar-refractivity contribution in [1.82, 2.24) is 14.4 Å². The van der Waals surface area contributed by atoms with Crippen molar-refractivity contribution in [3.63, 3.8) is 0 Å². The molecule has 1 N–H and O–H groups in total. The van der Waals surface area contributed by atoms with E-state index in [9.17, 15) is 0 Å². The van der Waals surface area contributed by atoms with Gasteiger partial charge in [0.25, 0.3) is 0 Å². The van der Waals surface area contributed by atoms with Gasteiger partial charge in [0.15, 0.2) is 0 Å². The second-order valence-corrected chi connectivity index (χ2v) is 5.82. The summed E-state index contributed by atoms with van der Waals surface area (Å²) in [6.07, 6.45) is 5.73. The van der Waals surface area contributed by atoms with Crippen LogP contribution in [0.15, 0.2) is 73.2 Å². The van der Waals surface area contributed by atoms with Crippen molar-refractivity contribution < 1.29 is 0 Å². The Morgan fingerprint density at radius 2 is 1.88 bits per heavy atom. The van der Waals surface area contributed by atoms with Gasteiger partial charge in [0.1, 0.15) is 17.2 Å². The summed E-state index contributed by atoms with van der Waals surface area (Å²) in [5.41, 5.74) is 5.28. The fraction of sp³-hybridized carbons (Fsp3) is 0.100. The van der Waals surface area contributed by atoms with Crippen LogP contribution < -0.4 is 5.32 Å². The molecule has 4 aromatic rings. The lowest BCUT2D eigenvalue weighted by Crippen LogP contribution is -2.03. The Morgan fingerprint density at radius 3 is 2.67 bits per heavy atom. The molecule has 3 aromatic heterocycles. The number of pyridine rings is 2. The van der Waals surface area contributed by atoms with Gasteiger partial charge >= 0.3 is 0 Å². The number of hydrogen-bond donors (Lipinski definition) is 1. The zero-order chi connectivity index (χ0) is 16.4. The van der Waals surface area contributed by atoms with E-state index in [0.29, 0.717) is 0 Å². The van der Waals surface area contributed by atoms with Crippen molar-refractivity contribution in [3.05, 3.63) is 84.3 Å². The fourth-order valence-corrected chi connectivity index (χ4v) is 2.81. The van der Waals surface area contributed by atoms with Crippen molar-refractivity contribution >= 4 is 11.5 Å². The fourth-order valence-electron chi connectivity index (χ4n) is 2.81. The minimum absolute atomic E-state index is 0.746. The van der Waals surface area contributed by atoms with Crippen LogP contribution in [0.3, 0.4) is 0 Å². The quantitative estimate of drug-likeness (QED) is 0.610. The summed E-state index contributed by atoms with van der Waals surface area (Å²) in [7, 11) is 0. The topological polar surface area (TPSA) is 42.2 Å². The molecule has 0 aliphatic rings. The van der Waals surface area contributed by atoms with Gasteiger partial charge in [-0.1, -0.05) is 36.4 Å². The Labute approximate surface area is 140 Å². The summed E-state index contributed by atoms with van der Waals surface area (Å²) in [5.74, 6) is 0.991. The Morgan fingerprint density at radius 1 is 1.00 bits per heavy atom. The summed E-state index contributed by atoms with van der Waals surface area (Å²) in [6, 6.07) is 18.5. The van der Waals surface area contributed by atoms with Crippen molar-refractivity contribution in [2.24, 2.45) is 0 Å². The number of nitrogens with one attached hydrogen (secondary N) is 1. The van der Waals surface area contributed by atoms with Gasteiger partial charge in [-0.25, -0.2) is 4.98 Å². The first-order valence-electron chi connectivity index (χ1n) is 7.98. The molecule has 4 heteroatoms. The lowest BCUT2D eigenvalue weighted by molar-refractivity contribution is 1.08. The Kier molecular flexibility index (Phi) is 3.71. The van der Waals surface area contributed by atoms with E-state index in [0.717, 1.165) is 29.3 Å². The number of rotatable bonds is 4. The zero-order valence-corrected chi connectivity index (χ0v) is 13.5. The number of fused-ring (bicyclic) bond motifs is 1. The van der Waals surface area contributed by atoms with Crippen LogP contribution in [0.1, 0.15) is 11.1 Å². The first-order chi connectivity index (χ1) is 11.8. The Bertz CT molecular complexity index is 959. The highest BCUT2D eigenvalue weighted by Gasteiger charge is 2.14. The minimum atomic E-state index is 0.746. The number of nitrogens with zero attached hydrogens (tertiary/aromatic N) is 3. The molecule has 3 heterocycles.